The monoisotopic (exact) mass is 338 g/mol. The van der Waals surface area contributed by atoms with Gasteiger partial charge in [0.25, 0.3) is 11.6 Å². The molecule has 1 amide bonds. The number of likely N-dealkylation sites (tertiary alicyclic amines) is 1. The van der Waals surface area contributed by atoms with Crippen molar-refractivity contribution in [2.24, 2.45) is 0 Å². The van der Waals surface area contributed by atoms with Gasteiger partial charge in [-0.3, -0.25) is 14.9 Å². The molecule has 0 atom stereocenters. The first kappa shape index (κ1) is 16.4. The number of benzene rings is 1. The first-order valence-corrected chi connectivity index (χ1v) is 7.55. The molecule has 8 nitrogen and oxygen atoms in total. The lowest BCUT2D eigenvalue weighted by Crippen LogP contribution is -2.56. The number of carbonyl (C=O) groups excluding carboxylic acids is 1. The number of ether oxygens (including phenoxy) is 1. The molecule has 126 valence electrons. The van der Waals surface area contributed by atoms with E-state index in [0.29, 0.717) is 24.2 Å². The number of hydrogen-bond acceptors (Lipinski definition) is 6. The zero-order valence-corrected chi connectivity index (χ0v) is 13.4. The summed E-state index contributed by atoms with van der Waals surface area (Å²) in [5, 5.41) is 20.0. The molecular formula is C17H14N4O4. The molecule has 25 heavy (non-hydrogen) atoms. The SMILES string of the molecule is Cc1ccc(C(=O)N2CC(Oc3ncccc3C#N)C2)cc1[N+](=O)[O-]. The minimum atomic E-state index is -0.501. The van der Waals surface area contributed by atoms with E-state index in [-0.39, 0.29) is 29.1 Å². The maximum Gasteiger partial charge on any atom is 0.273 e. The van der Waals surface area contributed by atoms with E-state index in [4.69, 9.17) is 10.00 Å². The van der Waals surface area contributed by atoms with Crippen LogP contribution in [0, 0.1) is 28.4 Å². The Labute approximate surface area is 143 Å². The lowest BCUT2D eigenvalue weighted by Gasteiger charge is -2.38. The van der Waals surface area contributed by atoms with Crippen LogP contribution in [-0.4, -0.2) is 39.9 Å². The molecule has 0 aliphatic carbocycles. The minimum Gasteiger partial charge on any atom is -0.470 e. The Morgan fingerprint density at radius 3 is 2.88 bits per heavy atom. The maximum absolute atomic E-state index is 12.4. The number of pyridine rings is 1. The summed E-state index contributed by atoms with van der Waals surface area (Å²) in [7, 11) is 0. The topological polar surface area (TPSA) is 109 Å². The molecule has 0 spiro atoms. The second-order valence-electron chi connectivity index (χ2n) is 5.68. The summed E-state index contributed by atoms with van der Waals surface area (Å²) >= 11 is 0. The number of aromatic nitrogens is 1. The molecule has 0 radical (unpaired) electrons. The molecule has 0 bridgehead atoms. The minimum absolute atomic E-state index is 0.0775. The van der Waals surface area contributed by atoms with Crippen molar-refractivity contribution >= 4 is 11.6 Å². The Balaban J connectivity index is 1.65. The molecule has 1 aliphatic heterocycles. The normalized spacial score (nSPS) is 13.7. The highest BCUT2D eigenvalue weighted by atomic mass is 16.6. The van der Waals surface area contributed by atoms with Crippen molar-refractivity contribution in [3.05, 3.63) is 63.3 Å². The number of nitrogens with zero attached hydrogens (tertiary/aromatic N) is 4. The van der Waals surface area contributed by atoms with Crippen LogP contribution < -0.4 is 4.74 Å². The van der Waals surface area contributed by atoms with Crippen LogP contribution in [0.3, 0.4) is 0 Å². The van der Waals surface area contributed by atoms with E-state index in [1.807, 2.05) is 6.07 Å². The van der Waals surface area contributed by atoms with Gasteiger partial charge < -0.3 is 9.64 Å². The molecular weight excluding hydrogens is 324 g/mol. The molecule has 0 unspecified atom stereocenters. The van der Waals surface area contributed by atoms with E-state index >= 15 is 0 Å². The predicted molar refractivity (Wildman–Crippen MR) is 87.1 cm³/mol. The molecule has 1 aromatic carbocycles. The first-order valence-electron chi connectivity index (χ1n) is 7.55. The summed E-state index contributed by atoms with van der Waals surface area (Å²) in [6.45, 7) is 2.30. The zero-order valence-electron chi connectivity index (χ0n) is 13.4. The molecule has 1 aliphatic rings. The molecule has 2 aromatic rings. The second-order valence-corrected chi connectivity index (χ2v) is 5.68. The number of carbonyl (C=O) groups is 1. The van der Waals surface area contributed by atoms with Gasteiger partial charge in [0.15, 0.2) is 0 Å². The number of nitro groups is 1. The van der Waals surface area contributed by atoms with Gasteiger partial charge >= 0.3 is 0 Å². The summed E-state index contributed by atoms with van der Waals surface area (Å²) in [4.78, 5) is 28.5. The average molecular weight is 338 g/mol. The van der Waals surface area contributed by atoms with E-state index in [9.17, 15) is 14.9 Å². The van der Waals surface area contributed by atoms with Gasteiger partial charge in [-0.25, -0.2) is 4.98 Å². The first-order chi connectivity index (χ1) is 12.0. The molecule has 1 fully saturated rings. The van der Waals surface area contributed by atoms with Gasteiger partial charge in [-0.1, -0.05) is 6.07 Å². The summed E-state index contributed by atoms with van der Waals surface area (Å²) in [5.74, 6) is -0.0439. The highest BCUT2D eigenvalue weighted by Gasteiger charge is 2.34. The standard InChI is InChI=1S/C17H14N4O4/c1-11-4-5-12(7-15(11)21(23)24)17(22)20-9-14(10-20)25-16-13(8-18)3-2-6-19-16/h2-7,14H,9-10H2,1H3. The van der Waals surface area contributed by atoms with Crippen molar-refractivity contribution in [2.75, 3.05) is 13.1 Å². The lowest BCUT2D eigenvalue weighted by atomic mass is 10.1. The number of nitro benzene ring substituents is 1. The van der Waals surface area contributed by atoms with Crippen LogP contribution in [0.25, 0.3) is 0 Å². The smallest absolute Gasteiger partial charge is 0.273 e. The van der Waals surface area contributed by atoms with Crippen molar-refractivity contribution in [1.82, 2.24) is 9.88 Å². The van der Waals surface area contributed by atoms with Crippen LogP contribution in [0.5, 0.6) is 5.88 Å². The van der Waals surface area contributed by atoms with Gasteiger partial charge in [-0.2, -0.15) is 5.26 Å². The third-order valence-electron chi connectivity index (χ3n) is 3.96. The van der Waals surface area contributed by atoms with Crippen molar-refractivity contribution in [3.8, 4) is 11.9 Å². The molecule has 1 aromatic heterocycles. The van der Waals surface area contributed by atoms with Crippen molar-refractivity contribution in [2.45, 2.75) is 13.0 Å². The van der Waals surface area contributed by atoms with E-state index in [2.05, 4.69) is 4.98 Å². The van der Waals surface area contributed by atoms with E-state index < -0.39 is 4.92 Å². The highest BCUT2D eigenvalue weighted by Crippen LogP contribution is 2.24. The van der Waals surface area contributed by atoms with Crippen LogP contribution in [0.1, 0.15) is 21.5 Å². The quantitative estimate of drug-likeness (QED) is 0.623. The van der Waals surface area contributed by atoms with Crippen molar-refractivity contribution in [3.63, 3.8) is 0 Å². The fourth-order valence-corrected chi connectivity index (χ4v) is 2.53. The fourth-order valence-electron chi connectivity index (χ4n) is 2.53. The number of rotatable bonds is 4. The Morgan fingerprint density at radius 2 is 2.20 bits per heavy atom. The van der Waals surface area contributed by atoms with E-state index in [1.165, 1.54) is 17.2 Å². The fraction of sp³-hybridized carbons (Fsp3) is 0.235. The molecule has 8 heteroatoms. The largest absolute Gasteiger partial charge is 0.470 e. The zero-order chi connectivity index (χ0) is 18.0. The summed E-state index contributed by atoms with van der Waals surface area (Å²) in [6.07, 6.45) is 1.27. The van der Waals surface area contributed by atoms with Crippen LogP contribution >= 0.6 is 0 Å². The number of nitriles is 1. The summed E-state index contributed by atoms with van der Waals surface area (Å²) < 4.78 is 5.63. The Bertz CT molecular complexity index is 884. The second kappa shape index (κ2) is 6.57. The molecule has 0 N–H and O–H groups in total. The van der Waals surface area contributed by atoms with Crippen LogP contribution in [0.15, 0.2) is 36.5 Å². The van der Waals surface area contributed by atoms with Gasteiger partial charge in [0, 0.05) is 23.4 Å². The highest BCUT2D eigenvalue weighted by molar-refractivity contribution is 5.95. The molecule has 3 rings (SSSR count). The Hall–Kier alpha value is -3.47. The average Bonchev–Trinajstić information content (AvgIpc) is 2.57. The Morgan fingerprint density at radius 1 is 1.44 bits per heavy atom. The van der Waals surface area contributed by atoms with E-state index in [1.54, 1.807) is 31.2 Å². The summed E-state index contributed by atoms with van der Waals surface area (Å²) in [5.41, 5.74) is 1.03. The van der Waals surface area contributed by atoms with Crippen molar-refractivity contribution in [1.29, 1.82) is 5.26 Å². The number of amides is 1. The van der Waals surface area contributed by atoms with Crippen LogP contribution in [-0.2, 0) is 0 Å². The van der Waals surface area contributed by atoms with Crippen LogP contribution in [0.2, 0.25) is 0 Å². The molecule has 0 saturated carbocycles. The number of aryl methyl sites for hydroxylation is 1. The lowest BCUT2D eigenvalue weighted by molar-refractivity contribution is -0.385. The number of hydrogen-bond donors (Lipinski definition) is 0. The third-order valence-corrected chi connectivity index (χ3v) is 3.96. The van der Waals surface area contributed by atoms with Crippen molar-refractivity contribution < 1.29 is 14.5 Å². The third kappa shape index (κ3) is 3.26. The predicted octanol–water partition coefficient (Wildman–Crippen LogP) is 2.07. The van der Waals surface area contributed by atoms with Gasteiger partial charge in [0.1, 0.15) is 17.7 Å². The van der Waals surface area contributed by atoms with Gasteiger partial charge in [0.2, 0.25) is 5.88 Å². The summed E-state index contributed by atoms with van der Waals surface area (Å²) in [6, 6.07) is 9.68. The Kier molecular flexibility index (Phi) is 4.31. The van der Waals surface area contributed by atoms with Gasteiger partial charge in [-0.05, 0) is 25.1 Å². The maximum atomic E-state index is 12.4. The van der Waals surface area contributed by atoms with E-state index in [0.717, 1.165) is 0 Å². The van der Waals surface area contributed by atoms with Crippen LogP contribution in [0.4, 0.5) is 5.69 Å². The molecule has 1 saturated heterocycles. The van der Waals surface area contributed by atoms with Gasteiger partial charge in [0.05, 0.1) is 18.0 Å². The van der Waals surface area contributed by atoms with Gasteiger partial charge in [-0.15, -0.1) is 0 Å². The molecule has 2 heterocycles.